The molecule has 0 N–H and O–H groups in total. The summed E-state index contributed by atoms with van der Waals surface area (Å²) in [6.45, 7) is 2.05. The number of hydrogen-bond acceptors (Lipinski definition) is 5. The van der Waals surface area contributed by atoms with Crippen molar-refractivity contribution in [2.75, 3.05) is 7.11 Å². The zero-order valence-electron chi connectivity index (χ0n) is 14.5. The zero-order valence-corrected chi connectivity index (χ0v) is 15.3. The first-order valence-corrected chi connectivity index (χ1v) is 9.66. The summed E-state index contributed by atoms with van der Waals surface area (Å²) in [4.78, 5) is 31.5. The third kappa shape index (κ3) is 2.61. The highest BCUT2D eigenvalue weighted by atomic mass is 32.1. The molecule has 1 heterocycles. The molecule has 0 spiro atoms. The molecule has 5 heteroatoms. The summed E-state index contributed by atoms with van der Waals surface area (Å²) >= 11 is 1.57. The number of aryl methyl sites for hydroxylation is 1. The molecule has 2 aromatic rings. The molecule has 25 heavy (non-hydrogen) atoms. The van der Waals surface area contributed by atoms with Gasteiger partial charge < -0.3 is 4.74 Å². The van der Waals surface area contributed by atoms with Crippen LogP contribution >= 0.6 is 11.3 Å². The van der Waals surface area contributed by atoms with E-state index in [2.05, 4.69) is 6.92 Å². The van der Waals surface area contributed by atoms with Gasteiger partial charge in [0.05, 0.1) is 18.4 Å². The molecule has 2 aliphatic carbocycles. The number of carbonyl (C=O) groups excluding carboxylic acids is 2. The number of thiazole rings is 1. The minimum Gasteiger partial charge on any atom is -0.496 e. The third-order valence-corrected chi connectivity index (χ3v) is 6.71. The number of ether oxygens (including phenoxy) is 1. The lowest BCUT2D eigenvalue weighted by molar-refractivity contribution is -0.136. The van der Waals surface area contributed by atoms with Gasteiger partial charge in [-0.3, -0.25) is 9.59 Å². The van der Waals surface area contributed by atoms with Crippen LogP contribution in [0.15, 0.2) is 24.3 Å². The highest BCUT2D eigenvalue weighted by molar-refractivity contribution is 7.15. The van der Waals surface area contributed by atoms with Crippen molar-refractivity contribution in [2.24, 2.45) is 11.8 Å². The lowest BCUT2D eigenvalue weighted by atomic mass is 9.77. The van der Waals surface area contributed by atoms with E-state index in [0.717, 1.165) is 46.9 Å². The average Bonchev–Trinajstić information content (AvgIpc) is 3.26. The van der Waals surface area contributed by atoms with Gasteiger partial charge in [-0.2, -0.15) is 0 Å². The molecule has 1 aromatic heterocycles. The van der Waals surface area contributed by atoms with Crippen LogP contribution < -0.4 is 4.74 Å². The Bertz CT molecular complexity index is 819. The fourth-order valence-electron chi connectivity index (χ4n) is 4.16. The Balaban J connectivity index is 1.79. The van der Waals surface area contributed by atoms with Crippen molar-refractivity contribution >= 4 is 22.9 Å². The number of para-hydroxylation sites is 1. The van der Waals surface area contributed by atoms with E-state index in [0.29, 0.717) is 5.69 Å². The second kappa shape index (κ2) is 6.37. The van der Waals surface area contributed by atoms with Gasteiger partial charge in [0.2, 0.25) is 0 Å². The van der Waals surface area contributed by atoms with Crippen LogP contribution in [0, 0.1) is 11.8 Å². The Morgan fingerprint density at radius 1 is 1.16 bits per heavy atom. The van der Waals surface area contributed by atoms with E-state index in [1.54, 1.807) is 18.4 Å². The van der Waals surface area contributed by atoms with Gasteiger partial charge in [-0.1, -0.05) is 19.1 Å². The van der Waals surface area contributed by atoms with Crippen LogP contribution in [0.1, 0.15) is 42.7 Å². The SMILES string of the molecule is CCc1sc(-c2ccccc2OC)nc1C1C(=O)[C@@H]2CC[C@H](C2)C1=O. The van der Waals surface area contributed by atoms with Crippen LogP contribution in [0.2, 0.25) is 0 Å². The lowest BCUT2D eigenvalue weighted by Crippen LogP contribution is -2.35. The fourth-order valence-corrected chi connectivity index (χ4v) is 5.23. The maximum atomic E-state index is 12.9. The number of nitrogens with zero attached hydrogens (tertiary/aromatic N) is 1. The Morgan fingerprint density at radius 3 is 2.48 bits per heavy atom. The fraction of sp³-hybridized carbons (Fsp3) is 0.450. The van der Waals surface area contributed by atoms with Gasteiger partial charge in [0.25, 0.3) is 0 Å². The van der Waals surface area contributed by atoms with E-state index in [4.69, 9.17) is 9.72 Å². The zero-order chi connectivity index (χ0) is 17.6. The van der Waals surface area contributed by atoms with E-state index >= 15 is 0 Å². The van der Waals surface area contributed by atoms with Crippen LogP contribution in [0.4, 0.5) is 0 Å². The molecule has 4 nitrogen and oxygen atoms in total. The molecule has 0 unspecified atom stereocenters. The number of benzene rings is 1. The smallest absolute Gasteiger partial charge is 0.152 e. The van der Waals surface area contributed by atoms with Crippen molar-refractivity contribution in [1.82, 2.24) is 4.98 Å². The summed E-state index contributed by atoms with van der Waals surface area (Å²) in [5.41, 5.74) is 1.61. The molecule has 1 aromatic carbocycles. The molecular weight excluding hydrogens is 334 g/mol. The summed E-state index contributed by atoms with van der Waals surface area (Å²) in [6.07, 6.45) is 3.24. The predicted octanol–water partition coefficient (Wildman–Crippen LogP) is 4.03. The van der Waals surface area contributed by atoms with Crippen LogP contribution in [-0.4, -0.2) is 23.7 Å². The highest BCUT2D eigenvalue weighted by Crippen LogP contribution is 2.46. The van der Waals surface area contributed by atoms with Crippen LogP contribution in [0.5, 0.6) is 5.75 Å². The topological polar surface area (TPSA) is 56.3 Å². The molecule has 0 amide bonds. The second-order valence-corrected chi connectivity index (χ2v) is 7.91. The normalized spacial score (nSPS) is 25.4. The second-order valence-electron chi connectivity index (χ2n) is 6.83. The van der Waals surface area contributed by atoms with Gasteiger partial charge in [0.15, 0.2) is 11.6 Å². The van der Waals surface area contributed by atoms with Crippen molar-refractivity contribution < 1.29 is 14.3 Å². The average molecular weight is 355 g/mol. The van der Waals surface area contributed by atoms with Crippen molar-refractivity contribution in [1.29, 1.82) is 0 Å². The third-order valence-electron chi connectivity index (χ3n) is 5.47. The summed E-state index contributed by atoms with van der Waals surface area (Å²) in [5.74, 6) is 0.381. The minimum absolute atomic E-state index is 0.0498. The quantitative estimate of drug-likeness (QED) is 0.777. The minimum atomic E-state index is -0.652. The number of aromatic nitrogens is 1. The maximum Gasteiger partial charge on any atom is 0.152 e. The van der Waals surface area contributed by atoms with E-state index in [1.165, 1.54) is 0 Å². The molecular formula is C20H21NO3S. The van der Waals surface area contributed by atoms with Crippen molar-refractivity contribution in [3.05, 3.63) is 34.8 Å². The van der Waals surface area contributed by atoms with E-state index < -0.39 is 5.92 Å². The Morgan fingerprint density at radius 2 is 1.84 bits per heavy atom. The van der Waals surface area contributed by atoms with Crippen LogP contribution in [0.3, 0.4) is 0 Å². The summed E-state index contributed by atoms with van der Waals surface area (Å²) in [7, 11) is 1.64. The Kier molecular flexibility index (Phi) is 4.20. The van der Waals surface area contributed by atoms with Gasteiger partial charge >= 0.3 is 0 Å². The molecule has 0 saturated heterocycles. The van der Waals surface area contributed by atoms with Gasteiger partial charge in [-0.05, 0) is 37.8 Å². The number of fused-ring (bicyclic) bond motifs is 2. The van der Waals surface area contributed by atoms with Crippen molar-refractivity contribution in [3.8, 4) is 16.3 Å². The number of ketones is 2. The Labute approximate surface area is 151 Å². The number of carbonyl (C=O) groups is 2. The summed E-state index contributed by atoms with van der Waals surface area (Å²) < 4.78 is 5.45. The van der Waals surface area contributed by atoms with Gasteiger partial charge in [0.1, 0.15) is 16.7 Å². The number of hydrogen-bond donors (Lipinski definition) is 0. The molecule has 2 saturated carbocycles. The van der Waals surface area contributed by atoms with E-state index in [-0.39, 0.29) is 23.4 Å². The first-order valence-electron chi connectivity index (χ1n) is 8.84. The monoisotopic (exact) mass is 355 g/mol. The standard InChI is InChI=1S/C20H21NO3S/c1-3-15-17(16-18(22)11-8-9-12(10-11)19(16)23)21-20(25-15)13-6-4-5-7-14(13)24-2/h4-7,11-12,16H,3,8-10H2,1-2H3/t11-,12-/m1/s1. The lowest BCUT2D eigenvalue weighted by Gasteiger charge is -2.24. The van der Waals surface area contributed by atoms with Gasteiger partial charge in [-0.15, -0.1) is 11.3 Å². The highest BCUT2D eigenvalue weighted by Gasteiger charge is 2.48. The number of Topliss-reactive ketones (excluding diaryl/α,β-unsaturated/α-hetero) is 2. The molecule has 0 aliphatic heterocycles. The molecule has 2 fully saturated rings. The van der Waals surface area contributed by atoms with E-state index in [1.807, 2.05) is 24.3 Å². The van der Waals surface area contributed by atoms with Crippen molar-refractivity contribution in [2.45, 2.75) is 38.5 Å². The number of rotatable bonds is 4. The molecule has 4 rings (SSSR count). The number of methoxy groups -OCH3 is 1. The van der Waals surface area contributed by atoms with E-state index in [9.17, 15) is 9.59 Å². The summed E-state index contributed by atoms with van der Waals surface area (Å²) in [6, 6.07) is 7.74. The summed E-state index contributed by atoms with van der Waals surface area (Å²) in [5, 5.41) is 0.822. The van der Waals surface area contributed by atoms with Crippen LogP contribution in [-0.2, 0) is 16.0 Å². The first kappa shape index (κ1) is 16.5. The molecule has 130 valence electrons. The maximum absolute atomic E-state index is 12.9. The predicted molar refractivity (Wildman–Crippen MR) is 97.1 cm³/mol. The Hall–Kier alpha value is -2.01. The molecule has 2 aliphatic rings. The van der Waals surface area contributed by atoms with Crippen molar-refractivity contribution in [3.63, 3.8) is 0 Å². The first-order chi connectivity index (χ1) is 12.1. The molecule has 2 bridgehead atoms. The van der Waals surface area contributed by atoms with Gasteiger partial charge in [-0.25, -0.2) is 4.98 Å². The molecule has 0 radical (unpaired) electrons. The van der Waals surface area contributed by atoms with Gasteiger partial charge in [0, 0.05) is 16.7 Å². The molecule has 2 atom stereocenters. The van der Waals surface area contributed by atoms with Crippen LogP contribution in [0.25, 0.3) is 10.6 Å². The largest absolute Gasteiger partial charge is 0.496 e.